The van der Waals surface area contributed by atoms with E-state index < -0.39 is 51.8 Å². The second-order valence-corrected chi connectivity index (χ2v) is 20.9. The fourth-order valence-corrected chi connectivity index (χ4v) is 7.11. The molecule has 0 spiro atoms. The van der Waals surface area contributed by atoms with Crippen LogP contribution in [0, 0.1) is 17.6 Å². The molecule has 13 heteroatoms. The molecule has 3 atom stereocenters. The molecule has 0 N–H and O–H groups in total. The highest BCUT2D eigenvalue weighted by atomic mass is 32.2. The Morgan fingerprint density at radius 2 is 1.92 bits per heavy atom. The monoisotopic (exact) mass is 592 g/mol. The molecule has 0 radical (unpaired) electrons. The first kappa shape index (κ1) is 31.0. The summed E-state index contributed by atoms with van der Waals surface area (Å²) in [7, 11) is -5.18. The molecule has 1 amide bonds. The lowest BCUT2D eigenvalue weighted by atomic mass is 9.85. The lowest BCUT2D eigenvalue weighted by molar-refractivity contribution is 0.0110. The molecular formula is C25H38F2N2O6S2Si. The van der Waals surface area contributed by atoms with Crippen LogP contribution in [0.1, 0.15) is 39.7 Å². The highest BCUT2D eigenvalue weighted by molar-refractivity contribution is 8.15. The van der Waals surface area contributed by atoms with Gasteiger partial charge in [-0.3, -0.25) is 9.18 Å². The largest absolute Gasteiger partial charge is 0.443 e. The molecule has 1 heterocycles. The van der Waals surface area contributed by atoms with Crippen molar-refractivity contribution in [2.75, 3.05) is 26.2 Å². The zero-order valence-corrected chi connectivity index (χ0v) is 25.9. The zero-order valence-electron chi connectivity index (χ0n) is 23.3. The minimum Gasteiger partial charge on any atom is -0.443 e. The Bertz CT molecular complexity index is 1200. The van der Waals surface area contributed by atoms with Crippen molar-refractivity contribution in [1.29, 1.82) is 0 Å². The maximum absolute atomic E-state index is 15.1. The number of thioether (sulfide) groups is 1. The third kappa shape index (κ3) is 7.55. The summed E-state index contributed by atoms with van der Waals surface area (Å²) in [5, 5.41) is 0.171. The summed E-state index contributed by atoms with van der Waals surface area (Å²) in [5.74, 6) is -2.42. The Morgan fingerprint density at radius 3 is 2.50 bits per heavy atom. The number of benzene rings is 1. The van der Waals surface area contributed by atoms with Gasteiger partial charge in [-0.2, -0.15) is 8.42 Å². The van der Waals surface area contributed by atoms with Crippen LogP contribution >= 0.6 is 11.8 Å². The Kier molecular flexibility index (Phi) is 8.80. The van der Waals surface area contributed by atoms with Crippen LogP contribution in [0.3, 0.4) is 0 Å². The summed E-state index contributed by atoms with van der Waals surface area (Å²) in [5.41, 5.74) is -2.10. The van der Waals surface area contributed by atoms with Gasteiger partial charge < -0.3 is 9.47 Å². The minimum absolute atomic E-state index is 0.0188. The Hall–Kier alpha value is -1.54. The molecule has 0 aromatic heterocycles. The van der Waals surface area contributed by atoms with Crippen LogP contribution in [0.25, 0.3) is 0 Å². The van der Waals surface area contributed by atoms with Crippen molar-refractivity contribution in [2.45, 2.75) is 75.7 Å². The SMILES string of the molecule is CC(C)(C)OC(=O)N(COCC[Si](C)(C)C)C1=N[C@](C)(c2cccc(F)c2F)[C@@H]2C[C@@]2(COS(C)(=O)=O)S1. The van der Waals surface area contributed by atoms with Gasteiger partial charge in [0.1, 0.15) is 12.3 Å². The third-order valence-corrected chi connectivity index (χ3v) is 10.1. The molecule has 0 unspecified atom stereocenters. The van der Waals surface area contributed by atoms with Gasteiger partial charge in [-0.05, 0) is 46.2 Å². The minimum atomic E-state index is -3.77. The second-order valence-electron chi connectivity index (χ2n) is 12.3. The highest BCUT2D eigenvalue weighted by Gasteiger charge is 2.68. The van der Waals surface area contributed by atoms with E-state index in [-0.39, 0.29) is 30.0 Å². The molecule has 8 nitrogen and oxygen atoms in total. The molecule has 1 fully saturated rings. The number of nitrogens with zero attached hydrogens (tertiary/aromatic N) is 2. The van der Waals surface area contributed by atoms with Crippen molar-refractivity contribution >= 4 is 41.2 Å². The Balaban J connectivity index is 2.04. The van der Waals surface area contributed by atoms with Gasteiger partial charge in [0.2, 0.25) is 0 Å². The quantitative estimate of drug-likeness (QED) is 0.160. The number of aliphatic imine (C=N–C) groups is 1. The Labute approximate surface area is 229 Å². The topological polar surface area (TPSA) is 94.5 Å². The number of carbonyl (C=O) groups is 1. The molecule has 1 aromatic carbocycles. The summed E-state index contributed by atoms with van der Waals surface area (Å²) < 4.78 is 68.9. The van der Waals surface area contributed by atoms with Gasteiger partial charge in [0, 0.05) is 26.2 Å². The third-order valence-electron chi connectivity index (χ3n) is 6.40. The van der Waals surface area contributed by atoms with E-state index in [1.54, 1.807) is 27.7 Å². The van der Waals surface area contributed by atoms with E-state index in [0.717, 1.165) is 18.4 Å². The van der Waals surface area contributed by atoms with Crippen LogP contribution in [0.15, 0.2) is 23.2 Å². The van der Waals surface area contributed by atoms with Crippen LogP contribution < -0.4 is 0 Å². The van der Waals surface area contributed by atoms with Gasteiger partial charge in [0.15, 0.2) is 16.8 Å². The van der Waals surface area contributed by atoms with E-state index in [1.807, 2.05) is 0 Å². The molecule has 1 saturated carbocycles. The number of ether oxygens (including phenoxy) is 2. The standard InChI is InChI=1S/C25H38F2N2O6S2Si/c1-23(2,3)35-22(30)29(16-33-12-13-38(6,7)8)21-28-24(4,17-10-9-11-18(26)20(17)27)19-14-25(19,36-21)15-34-37(5,31)32/h9-11,19H,12-16H2,1-8H3/t19-,24+,25-/m0/s1. The average molecular weight is 593 g/mol. The summed E-state index contributed by atoms with van der Waals surface area (Å²) in [6.07, 6.45) is 0.664. The van der Waals surface area contributed by atoms with Crippen molar-refractivity contribution in [1.82, 2.24) is 4.90 Å². The molecule has 0 saturated heterocycles. The van der Waals surface area contributed by atoms with Gasteiger partial charge >= 0.3 is 6.09 Å². The number of hydrogen-bond acceptors (Lipinski definition) is 8. The molecule has 214 valence electrons. The number of amides is 1. The lowest BCUT2D eigenvalue weighted by Gasteiger charge is -2.38. The van der Waals surface area contributed by atoms with Crippen LogP contribution in [0.5, 0.6) is 0 Å². The van der Waals surface area contributed by atoms with E-state index in [2.05, 4.69) is 19.6 Å². The molecule has 1 aliphatic carbocycles. The number of halogens is 2. The first-order valence-electron chi connectivity index (χ1n) is 12.4. The van der Waals surface area contributed by atoms with Crippen molar-refractivity contribution in [3.05, 3.63) is 35.4 Å². The average Bonchev–Trinajstić information content (AvgIpc) is 3.48. The first-order valence-corrected chi connectivity index (χ1v) is 18.8. The maximum Gasteiger partial charge on any atom is 0.418 e. The maximum atomic E-state index is 15.1. The van der Waals surface area contributed by atoms with E-state index in [1.165, 1.54) is 28.8 Å². The highest BCUT2D eigenvalue weighted by Crippen LogP contribution is 2.66. The molecule has 1 aliphatic heterocycles. The molecule has 1 aromatic rings. The predicted molar refractivity (Wildman–Crippen MR) is 147 cm³/mol. The van der Waals surface area contributed by atoms with Gasteiger partial charge in [0.25, 0.3) is 10.1 Å². The molecule has 3 rings (SSSR count). The summed E-state index contributed by atoms with van der Waals surface area (Å²) >= 11 is 1.18. The normalized spacial score (nSPS) is 25.4. The second kappa shape index (κ2) is 10.8. The molecule has 0 bridgehead atoms. The number of amidine groups is 1. The van der Waals surface area contributed by atoms with E-state index in [0.29, 0.717) is 13.0 Å². The number of hydrogen-bond donors (Lipinski definition) is 0. The molecular weight excluding hydrogens is 554 g/mol. The van der Waals surface area contributed by atoms with Gasteiger partial charge in [-0.1, -0.05) is 43.5 Å². The summed E-state index contributed by atoms with van der Waals surface area (Å²) in [6, 6.07) is 4.75. The van der Waals surface area contributed by atoms with Gasteiger partial charge in [-0.25, -0.2) is 18.5 Å². The number of rotatable bonds is 9. The van der Waals surface area contributed by atoms with Crippen LogP contribution in [-0.4, -0.2) is 69.2 Å². The van der Waals surface area contributed by atoms with Gasteiger partial charge in [0.05, 0.1) is 23.1 Å². The van der Waals surface area contributed by atoms with Crippen LogP contribution in [0.4, 0.5) is 13.6 Å². The van der Waals surface area contributed by atoms with E-state index in [9.17, 15) is 17.6 Å². The van der Waals surface area contributed by atoms with Crippen molar-refractivity contribution in [2.24, 2.45) is 10.9 Å². The fourth-order valence-electron chi connectivity index (χ4n) is 4.28. The Morgan fingerprint density at radius 1 is 1.26 bits per heavy atom. The lowest BCUT2D eigenvalue weighted by Crippen LogP contribution is -2.46. The van der Waals surface area contributed by atoms with Gasteiger partial charge in [-0.15, -0.1) is 0 Å². The predicted octanol–water partition coefficient (Wildman–Crippen LogP) is 5.57. The summed E-state index contributed by atoms with van der Waals surface area (Å²) in [4.78, 5) is 19.4. The van der Waals surface area contributed by atoms with Crippen LogP contribution in [-0.2, 0) is 29.3 Å². The van der Waals surface area contributed by atoms with Crippen molar-refractivity contribution in [3.63, 3.8) is 0 Å². The first-order chi connectivity index (χ1) is 17.3. The number of fused-ring (bicyclic) bond motifs is 1. The summed E-state index contributed by atoms with van der Waals surface area (Å²) in [6.45, 7) is 13.5. The van der Waals surface area contributed by atoms with Crippen molar-refractivity contribution < 1.29 is 35.6 Å². The van der Waals surface area contributed by atoms with E-state index >= 15 is 4.39 Å². The molecule has 38 heavy (non-hydrogen) atoms. The smallest absolute Gasteiger partial charge is 0.418 e. The van der Waals surface area contributed by atoms with Crippen LogP contribution in [0.2, 0.25) is 25.7 Å². The van der Waals surface area contributed by atoms with E-state index in [4.69, 9.17) is 18.6 Å². The fraction of sp³-hybridized carbons (Fsp3) is 0.680. The zero-order chi connectivity index (χ0) is 28.7. The van der Waals surface area contributed by atoms with Crippen molar-refractivity contribution in [3.8, 4) is 0 Å². The number of carbonyl (C=O) groups excluding carboxylic acids is 1. The molecule has 2 aliphatic rings.